The molecular weight excluding hydrogens is 614 g/mol. The van der Waals surface area contributed by atoms with Crippen LogP contribution in [0.1, 0.15) is 31.5 Å². The highest BCUT2D eigenvalue weighted by Crippen LogP contribution is 2.45. The number of anilines is 1. The third-order valence-electron chi connectivity index (χ3n) is 7.12. The van der Waals surface area contributed by atoms with Gasteiger partial charge in [-0.15, -0.1) is 23.1 Å². The zero-order chi connectivity index (χ0) is 31.5. The summed E-state index contributed by atoms with van der Waals surface area (Å²) in [5.74, 6) is -3.98. The van der Waals surface area contributed by atoms with Crippen LogP contribution in [-0.4, -0.2) is 85.8 Å². The van der Waals surface area contributed by atoms with Crippen molar-refractivity contribution in [1.29, 1.82) is 0 Å². The van der Waals surface area contributed by atoms with Gasteiger partial charge in [0.05, 0.1) is 0 Å². The Morgan fingerprint density at radius 3 is 2.64 bits per heavy atom. The van der Waals surface area contributed by atoms with Crippen molar-refractivity contribution in [2.75, 3.05) is 24.6 Å². The number of nitrogens with zero attached hydrogens (tertiary/aromatic N) is 4. The molecule has 2 aromatic rings. The van der Waals surface area contributed by atoms with Crippen LogP contribution in [0.5, 0.6) is 0 Å². The van der Waals surface area contributed by atoms with Crippen LogP contribution in [0.3, 0.4) is 0 Å². The lowest BCUT2D eigenvalue weighted by Crippen LogP contribution is -2.71. The van der Waals surface area contributed by atoms with Crippen LogP contribution in [-0.2, 0) is 28.8 Å². The standard InChI is InChI=1S/C27H27N7O8S2/c1-13(36)42-32-19(16-12-44-27(28)30-16)23(38)31-20-24(39)34-21(26(40)41)15(11-43-25(20)34)18(14-5-7-29-22(14)37)17(6-10-35)33-8-3-2-4-9-33/h2-4,8-9,12,17,20,25,35H,5-7,10-11H2,1H3,(H4-,28,29,30,31,37,38,40,41)/p+1/t17?,20-,25-/m1/s1. The molecule has 0 aliphatic carbocycles. The predicted octanol–water partition coefficient (Wildman–Crippen LogP) is -0.541. The monoisotopic (exact) mass is 642 g/mol. The lowest BCUT2D eigenvalue weighted by molar-refractivity contribution is -0.715. The van der Waals surface area contributed by atoms with Gasteiger partial charge in [0.2, 0.25) is 5.91 Å². The van der Waals surface area contributed by atoms with Gasteiger partial charge >= 0.3 is 11.9 Å². The van der Waals surface area contributed by atoms with E-state index in [-0.39, 0.29) is 52.5 Å². The van der Waals surface area contributed by atoms with E-state index in [4.69, 9.17) is 5.73 Å². The number of hydrogen-bond acceptors (Lipinski definition) is 12. The minimum atomic E-state index is -1.38. The number of carbonyl (C=O) groups excluding carboxylic acids is 4. The SMILES string of the molecule is CC(=O)ON=C(C(=O)N[C@@H]1C(=O)N2C(C(=O)O)=C(C(=C3CCNC3=O)C(CCO)[n+]3ccccc3)CS[C@H]12)c1csc(N)n1. The summed E-state index contributed by atoms with van der Waals surface area (Å²) in [7, 11) is 0. The van der Waals surface area contributed by atoms with E-state index in [1.54, 1.807) is 29.1 Å². The van der Waals surface area contributed by atoms with Crippen molar-refractivity contribution in [3.8, 4) is 0 Å². The van der Waals surface area contributed by atoms with E-state index in [1.807, 2.05) is 6.07 Å². The number of aromatic nitrogens is 2. The number of nitrogens with two attached hydrogens (primary N) is 1. The van der Waals surface area contributed by atoms with Gasteiger partial charge in [-0.1, -0.05) is 11.2 Å². The van der Waals surface area contributed by atoms with Crippen molar-refractivity contribution in [3.63, 3.8) is 0 Å². The molecule has 6 N–H and O–H groups in total. The summed E-state index contributed by atoms with van der Waals surface area (Å²) in [6, 6.07) is 3.64. The summed E-state index contributed by atoms with van der Waals surface area (Å²) in [6.07, 6.45) is 4.05. The van der Waals surface area contributed by atoms with Crippen molar-refractivity contribution in [2.24, 2.45) is 5.16 Å². The van der Waals surface area contributed by atoms with Gasteiger partial charge in [-0.05, 0) is 6.42 Å². The van der Waals surface area contributed by atoms with Crippen LogP contribution in [0.25, 0.3) is 0 Å². The van der Waals surface area contributed by atoms with E-state index in [9.17, 15) is 34.2 Å². The number of β-lactam (4-membered cyclic amide) rings is 1. The van der Waals surface area contributed by atoms with Gasteiger partial charge in [-0.25, -0.2) is 14.6 Å². The summed E-state index contributed by atoms with van der Waals surface area (Å²) in [6.45, 7) is 1.22. The zero-order valence-electron chi connectivity index (χ0n) is 23.3. The Balaban J connectivity index is 1.51. The minimum Gasteiger partial charge on any atom is -0.477 e. The fourth-order valence-electron chi connectivity index (χ4n) is 5.29. The molecule has 0 saturated carbocycles. The fraction of sp³-hybridized carbons (Fsp3) is 0.333. The number of fused-ring (bicyclic) bond motifs is 1. The fourth-order valence-corrected chi connectivity index (χ4v) is 7.21. The number of rotatable bonds is 10. The van der Waals surface area contributed by atoms with Gasteiger partial charge in [0.15, 0.2) is 29.3 Å². The van der Waals surface area contributed by atoms with Crippen LogP contribution >= 0.6 is 23.1 Å². The summed E-state index contributed by atoms with van der Waals surface area (Å²) in [5.41, 5.74) is 6.13. The highest BCUT2D eigenvalue weighted by atomic mass is 32.2. The van der Waals surface area contributed by atoms with E-state index >= 15 is 0 Å². The third kappa shape index (κ3) is 5.93. The number of amides is 3. The summed E-state index contributed by atoms with van der Waals surface area (Å²) in [4.78, 5) is 73.5. The van der Waals surface area contributed by atoms with E-state index in [2.05, 4.69) is 25.6 Å². The Bertz CT molecular complexity index is 1620. The van der Waals surface area contributed by atoms with Gasteiger partial charge < -0.3 is 31.4 Å². The lowest BCUT2D eigenvalue weighted by Gasteiger charge is -2.49. The first-order chi connectivity index (χ1) is 21.1. The van der Waals surface area contributed by atoms with Gasteiger partial charge in [-0.2, -0.15) is 4.57 Å². The number of carbonyl (C=O) groups is 5. The minimum absolute atomic E-state index is 0.0269. The maximum atomic E-state index is 13.5. The molecule has 2 aromatic heterocycles. The Hall–Kier alpha value is -4.61. The first-order valence-electron chi connectivity index (χ1n) is 13.4. The van der Waals surface area contributed by atoms with E-state index in [0.29, 0.717) is 24.1 Å². The van der Waals surface area contributed by atoms with Crippen molar-refractivity contribution >= 4 is 63.6 Å². The predicted molar refractivity (Wildman–Crippen MR) is 157 cm³/mol. The number of aliphatic carboxylic acids is 1. The second kappa shape index (κ2) is 12.9. The number of carboxylic acid groups (broad SMARTS) is 1. The lowest BCUT2D eigenvalue weighted by atomic mass is 9.88. The average molecular weight is 643 g/mol. The first-order valence-corrected chi connectivity index (χ1v) is 15.3. The van der Waals surface area contributed by atoms with Crippen LogP contribution < -0.4 is 20.9 Å². The molecule has 5 heterocycles. The molecule has 0 radical (unpaired) electrons. The van der Waals surface area contributed by atoms with Crippen molar-refractivity contribution in [2.45, 2.75) is 37.2 Å². The van der Waals surface area contributed by atoms with Crippen LogP contribution in [0.2, 0.25) is 0 Å². The second-order valence-electron chi connectivity index (χ2n) is 9.84. The third-order valence-corrected chi connectivity index (χ3v) is 9.08. The quantitative estimate of drug-likeness (QED) is 0.0554. The molecule has 0 spiro atoms. The molecule has 3 aliphatic heterocycles. The highest BCUT2D eigenvalue weighted by Gasteiger charge is 2.55. The molecule has 5 rings (SSSR count). The number of allylic oxidation sites excluding steroid dienone is 1. The number of hydrogen-bond donors (Lipinski definition) is 5. The highest BCUT2D eigenvalue weighted by molar-refractivity contribution is 8.00. The number of oxime groups is 1. The molecule has 44 heavy (non-hydrogen) atoms. The Kier molecular flexibility index (Phi) is 9.07. The van der Waals surface area contributed by atoms with Crippen molar-refractivity contribution < 1.29 is 43.6 Å². The molecule has 1 unspecified atom stereocenters. The average Bonchev–Trinajstić information content (AvgIpc) is 3.63. The summed E-state index contributed by atoms with van der Waals surface area (Å²) < 4.78 is 1.80. The number of thioether (sulfide) groups is 1. The van der Waals surface area contributed by atoms with E-state index < -0.39 is 41.2 Å². The molecule has 3 aliphatic rings. The molecule has 15 nitrogen and oxygen atoms in total. The molecule has 0 aromatic carbocycles. The number of nitrogens with one attached hydrogen (secondary N) is 2. The number of nitrogen functional groups attached to an aromatic ring is 1. The maximum Gasteiger partial charge on any atom is 0.352 e. The Morgan fingerprint density at radius 1 is 1.30 bits per heavy atom. The second-order valence-corrected chi connectivity index (χ2v) is 11.8. The van der Waals surface area contributed by atoms with Crippen molar-refractivity contribution in [3.05, 3.63) is 64.1 Å². The molecule has 0 bridgehead atoms. The topological polar surface area (TPSA) is 217 Å². The smallest absolute Gasteiger partial charge is 0.352 e. The molecule has 17 heteroatoms. The van der Waals surface area contributed by atoms with Gasteiger partial charge in [-0.3, -0.25) is 19.3 Å². The van der Waals surface area contributed by atoms with Crippen LogP contribution in [0, 0.1) is 0 Å². The van der Waals surface area contributed by atoms with Gasteiger partial charge in [0, 0.05) is 66.5 Å². The maximum absolute atomic E-state index is 13.5. The zero-order valence-corrected chi connectivity index (χ0v) is 24.9. The molecule has 2 fully saturated rings. The number of aliphatic hydroxyl groups is 1. The Morgan fingerprint density at radius 2 is 2.05 bits per heavy atom. The Labute approximate surface area is 258 Å². The molecule has 3 atom stereocenters. The molecule has 2 saturated heterocycles. The van der Waals surface area contributed by atoms with Gasteiger partial charge in [0.25, 0.3) is 11.8 Å². The summed E-state index contributed by atoms with van der Waals surface area (Å²) >= 11 is 2.24. The van der Waals surface area contributed by atoms with Crippen LogP contribution in [0.15, 0.2) is 63.5 Å². The number of pyridine rings is 1. The van der Waals surface area contributed by atoms with E-state index in [0.717, 1.165) is 23.2 Å². The molecule has 3 amide bonds. The first kappa shape index (κ1) is 30.8. The number of aliphatic hydroxyl groups excluding tert-OH is 1. The number of thiazole rings is 1. The summed E-state index contributed by atoms with van der Waals surface area (Å²) in [5, 5.41) is 30.0. The van der Waals surface area contributed by atoms with Crippen LogP contribution in [0.4, 0.5) is 5.13 Å². The van der Waals surface area contributed by atoms with E-state index in [1.165, 1.54) is 17.1 Å². The van der Waals surface area contributed by atoms with Gasteiger partial charge in [0.1, 0.15) is 22.8 Å². The largest absolute Gasteiger partial charge is 0.477 e. The molecular formula is C27H28N7O8S2+. The number of carboxylic acids is 1. The van der Waals surface area contributed by atoms with Crippen molar-refractivity contribution in [1.82, 2.24) is 20.5 Å². The molecule has 230 valence electrons. The normalized spacial score (nSPS) is 21.7.